The number of hydrogen-bond acceptors (Lipinski definition) is 15. The molecule has 0 radical (unpaired) electrons. The SMILES string of the molecule is CN[C@@H]1[C@@H](O)[C@@H](O[C@@H]2[C@@H](O)[C@H](O[C@H]3O[C@H](CNCCO)CC[C@H]3N)[C@@H](N)C[C@H]2NC(=O)[C@@H](O)CN)OC[C@]1(C)O. The van der Waals surface area contributed by atoms with Gasteiger partial charge < -0.3 is 77.6 Å². The number of nitrogens with two attached hydrogens (primary N) is 3. The molecule has 0 aromatic carbocycles. The molecular formula is C24H48N6O10. The van der Waals surface area contributed by atoms with Gasteiger partial charge in [0.05, 0.1) is 37.4 Å². The molecule has 1 saturated carbocycles. The molecule has 40 heavy (non-hydrogen) atoms. The molecule has 16 heteroatoms. The van der Waals surface area contributed by atoms with Gasteiger partial charge in [0.25, 0.3) is 0 Å². The van der Waals surface area contributed by atoms with Crippen molar-refractivity contribution in [1.82, 2.24) is 16.0 Å². The predicted molar refractivity (Wildman–Crippen MR) is 140 cm³/mol. The molecule has 16 nitrogen and oxygen atoms in total. The molecule has 0 spiro atoms. The van der Waals surface area contributed by atoms with Gasteiger partial charge in [-0.3, -0.25) is 4.79 Å². The summed E-state index contributed by atoms with van der Waals surface area (Å²) in [6.45, 7) is 1.88. The van der Waals surface area contributed by atoms with E-state index < -0.39 is 78.8 Å². The third-order valence-corrected chi connectivity index (χ3v) is 7.75. The van der Waals surface area contributed by atoms with Crippen LogP contribution in [0.15, 0.2) is 0 Å². The molecule has 0 unspecified atom stereocenters. The Balaban J connectivity index is 1.78. The van der Waals surface area contributed by atoms with Crippen LogP contribution in [0, 0.1) is 0 Å². The van der Waals surface area contributed by atoms with Crippen molar-refractivity contribution in [1.29, 1.82) is 0 Å². The van der Waals surface area contributed by atoms with Gasteiger partial charge in [0.1, 0.15) is 36.1 Å². The fraction of sp³-hybridized carbons (Fsp3) is 0.958. The van der Waals surface area contributed by atoms with Crippen LogP contribution < -0.4 is 33.2 Å². The van der Waals surface area contributed by atoms with Crippen LogP contribution in [0.5, 0.6) is 0 Å². The minimum absolute atomic E-state index is 0.0112. The lowest BCUT2D eigenvalue weighted by Crippen LogP contribution is -2.69. The number of nitrogens with one attached hydrogen (secondary N) is 3. The largest absolute Gasteiger partial charge is 0.395 e. The Morgan fingerprint density at radius 1 is 1.12 bits per heavy atom. The van der Waals surface area contributed by atoms with E-state index in [1.165, 1.54) is 6.92 Å². The minimum Gasteiger partial charge on any atom is -0.395 e. The van der Waals surface area contributed by atoms with Gasteiger partial charge in [-0.15, -0.1) is 0 Å². The molecule has 2 saturated heterocycles. The second kappa shape index (κ2) is 14.9. The van der Waals surface area contributed by atoms with Gasteiger partial charge in [-0.2, -0.15) is 0 Å². The van der Waals surface area contributed by atoms with Crippen molar-refractivity contribution >= 4 is 5.91 Å². The standard InChI is InChI=1S/C24H48N6O10/c1-24(36)10-37-23(17(34)20(24)28-2)40-19-14(30-21(35)15(32)8-25)7-13(27)18(16(19)33)39-22-12(26)4-3-11(38-22)9-29-5-6-31/h11-20,22-23,28-29,31-34,36H,3-10,25-27H2,1-2H3,(H,30,35)/t11-,12+,13-,14+,15-,16-,17+,18+,19-,20+,22+,23+,24-/m0/s1. The summed E-state index contributed by atoms with van der Waals surface area (Å²) in [7, 11) is 1.57. The molecule has 0 bridgehead atoms. The van der Waals surface area contributed by atoms with E-state index in [1.807, 2.05) is 0 Å². The van der Waals surface area contributed by atoms with Crippen molar-refractivity contribution in [3.8, 4) is 0 Å². The zero-order chi connectivity index (χ0) is 29.6. The van der Waals surface area contributed by atoms with Crippen molar-refractivity contribution in [2.75, 3.05) is 39.9 Å². The second-order valence-corrected chi connectivity index (χ2v) is 11.0. The molecule has 0 aromatic rings. The smallest absolute Gasteiger partial charge is 0.250 e. The number of amides is 1. The summed E-state index contributed by atoms with van der Waals surface area (Å²) in [4.78, 5) is 12.5. The van der Waals surface area contributed by atoms with Crippen LogP contribution in [-0.2, 0) is 23.7 Å². The van der Waals surface area contributed by atoms with Gasteiger partial charge in [-0.05, 0) is 33.2 Å². The fourth-order valence-electron chi connectivity index (χ4n) is 5.50. The topological polar surface area (TPSA) is 269 Å². The summed E-state index contributed by atoms with van der Waals surface area (Å²) < 4.78 is 23.8. The maximum absolute atomic E-state index is 12.5. The van der Waals surface area contributed by atoms with Crippen LogP contribution in [-0.4, -0.2) is 150 Å². The molecule has 13 atom stereocenters. The molecule has 14 N–H and O–H groups in total. The minimum atomic E-state index is -1.49. The number of carbonyl (C=O) groups excluding carboxylic acids is 1. The summed E-state index contributed by atoms with van der Waals surface area (Å²) in [5, 5.41) is 60.4. The summed E-state index contributed by atoms with van der Waals surface area (Å²) in [6.07, 6.45) is -7.62. The first kappa shape index (κ1) is 33.4. The quantitative estimate of drug-likeness (QED) is 0.0959. The molecular weight excluding hydrogens is 532 g/mol. The maximum atomic E-state index is 12.5. The highest BCUT2D eigenvalue weighted by atomic mass is 16.7. The summed E-state index contributed by atoms with van der Waals surface area (Å²) in [6, 6.07) is -3.03. The third-order valence-electron chi connectivity index (χ3n) is 7.75. The highest BCUT2D eigenvalue weighted by Gasteiger charge is 2.52. The van der Waals surface area contributed by atoms with E-state index in [0.717, 1.165) is 0 Å². The number of rotatable bonds is 12. The van der Waals surface area contributed by atoms with E-state index in [9.17, 15) is 25.2 Å². The Hall–Kier alpha value is -1.09. The third kappa shape index (κ3) is 8.05. The van der Waals surface area contributed by atoms with E-state index in [1.54, 1.807) is 7.05 Å². The van der Waals surface area contributed by atoms with Gasteiger partial charge in [0.15, 0.2) is 12.6 Å². The van der Waals surface area contributed by atoms with Crippen LogP contribution >= 0.6 is 0 Å². The lowest BCUT2D eigenvalue weighted by molar-refractivity contribution is -0.307. The molecule has 3 rings (SSSR count). The Labute approximate surface area is 233 Å². The number of aliphatic hydroxyl groups excluding tert-OH is 4. The van der Waals surface area contributed by atoms with Crippen LogP contribution in [0.1, 0.15) is 26.2 Å². The molecule has 0 aromatic heterocycles. The number of likely N-dealkylation sites (N-methyl/N-ethyl adjacent to an activating group) is 1. The number of aliphatic hydroxyl groups is 5. The fourth-order valence-corrected chi connectivity index (χ4v) is 5.50. The van der Waals surface area contributed by atoms with E-state index in [-0.39, 0.29) is 32.3 Å². The van der Waals surface area contributed by atoms with E-state index >= 15 is 0 Å². The molecule has 3 aliphatic rings. The highest BCUT2D eigenvalue weighted by molar-refractivity contribution is 5.81. The lowest BCUT2D eigenvalue weighted by Gasteiger charge is -2.49. The van der Waals surface area contributed by atoms with Gasteiger partial charge in [0.2, 0.25) is 5.91 Å². The first-order valence-corrected chi connectivity index (χ1v) is 13.8. The van der Waals surface area contributed by atoms with Crippen molar-refractivity contribution < 1.29 is 49.3 Å². The second-order valence-electron chi connectivity index (χ2n) is 11.0. The van der Waals surface area contributed by atoms with Crippen molar-refractivity contribution in [3.05, 3.63) is 0 Å². The van der Waals surface area contributed by atoms with Crippen LogP contribution in [0.3, 0.4) is 0 Å². The van der Waals surface area contributed by atoms with E-state index in [4.69, 9.17) is 41.3 Å². The van der Waals surface area contributed by atoms with Gasteiger partial charge in [-0.25, -0.2) is 0 Å². The average Bonchev–Trinajstić information content (AvgIpc) is 2.91. The number of carbonyl (C=O) groups is 1. The van der Waals surface area contributed by atoms with E-state index in [2.05, 4.69) is 16.0 Å². The summed E-state index contributed by atoms with van der Waals surface area (Å²) in [5.41, 5.74) is 16.7. The predicted octanol–water partition coefficient (Wildman–Crippen LogP) is -5.88. The van der Waals surface area contributed by atoms with Crippen LogP contribution in [0.4, 0.5) is 0 Å². The molecule has 1 aliphatic carbocycles. The normalized spacial score (nSPS) is 43.3. The lowest BCUT2D eigenvalue weighted by atomic mass is 9.83. The van der Waals surface area contributed by atoms with Crippen molar-refractivity contribution in [3.63, 3.8) is 0 Å². The Kier molecular flexibility index (Phi) is 12.4. The zero-order valence-corrected chi connectivity index (χ0v) is 23.1. The Morgan fingerprint density at radius 2 is 1.82 bits per heavy atom. The first-order chi connectivity index (χ1) is 18.9. The van der Waals surface area contributed by atoms with Crippen molar-refractivity contribution in [2.24, 2.45) is 17.2 Å². The van der Waals surface area contributed by atoms with Gasteiger partial charge >= 0.3 is 0 Å². The zero-order valence-electron chi connectivity index (χ0n) is 23.1. The first-order valence-electron chi connectivity index (χ1n) is 13.8. The molecule has 2 aliphatic heterocycles. The molecule has 3 fully saturated rings. The summed E-state index contributed by atoms with van der Waals surface area (Å²) >= 11 is 0. The van der Waals surface area contributed by atoms with Gasteiger partial charge in [-0.1, -0.05) is 0 Å². The maximum Gasteiger partial charge on any atom is 0.250 e. The molecule has 1 amide bonds. The van der Waals surface area contributed by atoms with Crippen molar-refractivity contribution in [2.45, 2.75) is 105 Å². The summed E-state index contributed by atoms with van der Waals surface area (Å²) in [5.74, 6) is -0.781. The molecule has 2 heterocycles. The number of ether oxygens (including phenoxy) is 4. The highest BCUT2D eigenvalue weighted by Crippen LogP contribution is 2.32. The monoisotopic (exact) mass is 580 g/mol. The van der Waals surface area contributed by atoms with Crippen LogP contribution in [0.25, 0.3) is 0 Å². The average molecular weight is 581 g/mol. The van der Waals surface area contributed by atoms with Crippen LogP contribution in [0.2, 0.25) is 0 Å². The Morgan fingerprint density at radius 3 is 2.48 bits per heavy atom. The van der Waals surface area contributed by atoms with E-state index in [0.29, 0.717) is 25.9 Å². The number of hydrogen-bond donors (Lipinski definition) is 11. The molecule has 234 valence electrons. The Bertz CT molecular complexity index is 799. The van der Waals surface area contributed by atoms with Gasteiger partial charge in [0, 0.05) is 25.7 Å².